The summed E-state index contributed by atoms with van der Waals surface area (Å²) < 4.78 is 0. The van der Waals surface area contributed by atoms with Gasteiger partial charge in [0.05, 0.1) is 5.71 Å². The summed E-state index contributed by atoms with van der Waals surface area (Å²) in [6, 6.07) is 6.09. The van der Waals surface area contributed by atoms with Gasteiger partial charge < -0.3 is 5.32 Å². The molecule has 0 atom stereocenters. The Morgan fingerprint density at radius 1 is 1.12 bits per heavy atom. The van der Waals surface area contributed by atoms with Gasteiger partial charge in [-0.15, -0.1) is 0 Å². The number of fused-ring (bicyclic) bond motifs is 1. The van der Waals surface area contributed by atoms with Crippen LogP contribution < -0.4 is 5.32 Å². The van der Waals surface area contributed by atoms with E-state index in [1.165, 1.54) is 25.7 Å². The third-order valence-electron chi connectivity index (χ3n) is 5.78. The number of hydrazone groups is 1. The van der Waals surface area contributed by atoms with Crippen LogP contribution in [0.15, 0.2) is 23.3 Å². The molecule has 5 heteroatoms. The molecule has 0 aromatic heterocycles. The lowest BCUT2D eigenvalue weighted by molar-refractivity contribution is -0.133. The quantitative estimate of drug-likeness (QED) is 0.916. The van der Waals surface area contributed by atoms with Crippen LogP contribution in [-0.2, 0) is 16.0 Å². The largest absolute Gasteiger partial charge is 0.326 e. The van der Waals surface area contributed by atoms with Crippen LogP contribution in [0.25, 0.3) is 0 Å². The summed E-state index contributed by atoms with van der Waals surface area (Å²) in [6.45, 7) is 3.01. The highest BCUT2D eigenvalue weighted by Gasteiger charge is 2.34. The molecule has 2 amide bonds. The van der Waals surface area contributed by atoms with Crippen LogP contribution in [-0.4, -0.2) is 29.1 Å². The van der Waals surface area contributed by atoms with Gasteiger partial charge in [0.1, 0.15) is 0 Å². The van der Waals surface area contributed by atoms with E-state index in [9.17, 15) is 9.59 Å². The summed E-state index contributed by atoms with van der Waals surface area (Å²) in [5, 5.41) is 9.35. The number of amides is 2. The lowest BCUT2D eigenvalue weighted by Crippen LogP contribution is -2.38. The second-order valence-electron chi connectivity index (χ2n) is 7.94. The van der Waals surface area contributed by atoms with Crippen molar-refractivity contribution in [3.63, 3.8) is 0 Å². The van der Waals surface area contributed by atoms with Crippen molar-refractivity contribution in [1.82, 2.24) is 5.01 Å². The molecule has 0 saturated heterocycles. The first-order valence-corrected chi connectivity index (χ1v) is 9.33. The molecule has 1 saturated carbocycles. The van der Waals surface area contributed by atoms with Crippen molar-refractivity contribution >= 4 is 23.2 Å². The topological polar surface area (TPSA) is 61.8 Å². The average molecular weight is 339 g/mol. The highest BCUT2D eigenvalue weighted by molar-refractivity contribution is 6.05. The number of rotatable bonds is 3. The number of anilines is 1. The molecule has 132 valence electrons. The molecule has 1 aliphatic carbocycles. The molecular formula is C20H25N3O2. The van der Waals surface area contributed by atoms with Gasteiger partial charge in [-0.3, -0.25) is 9.59 Å². The van der Waals surface area contributed by atoms with Crippen LogP contribution >= 0.6 is 0 Å². The zero-order valence-corrected chi connectivity index (χ0v) is 14.8. The normalized spacial score (nSPS) is 22.4. The smallest absolute Gasteiger partial charge is 0.243 e. The second-order valence-corrected chi connectivity index (χ2v) is 7.94. The lowest BCUT2D eigenvalue weighted by Gasteiger charge is -2.32. The average Bonchev–Trinajstić information content (AvgIpc) is 3.03. The summed E-state index contributed by atoms with van der Waals surface area (Å²) >= 11 is 0. The van der Waals surface area contributed by atoms with Crippen molar-refractivity contribution in [2.75, 3.05) is 11.9 Å². The third kappa shape index (κ3) is 3.32. The number of nitrogens with zero attached hydrogens (tertiary/aromatic N) is 2. The lowest BCUT2D eigenvalue weighted by atomic mass is 9.88. The fraction of sp³-hybridized carbons (Fsp3) is 0.550. The Hall–Kier alpha value is -2.17. The minimum atomic E-state index is 0.0804. The molecule has 1 fully saturated rings. The summed E-state index contributed by atoms with van der Waals surface area (Å²) in [5.41, 5.74) is 4.33. The first kappa shape index (κ1) is 16.3. The Morgan fingerprint density at radius 2 is 1.92 bits per heavy atom. The Morgan fingerprint density at radius 3 is 2.72 bits per heavy atom. The number of hydrogen-bond donors (Lipinski definition) is 1. The number of benzene rings is 1. The van der Waals surface area contributed by atoms with E-state index in [2.05, 4.69) is 18.3 Å². The van der Waals surface area contributed by atoms with E-state index < -0.39 is 0 Å². The van der Waals surface area contributed by atoms with Crippen molar-refractivity contribution in [3.05, 3.63) is 29.3 Å². The minimum absolute atomic E-state index is 0.0804. The number of hydrogen-bond acceptors (Lipinski definition) is 3. The molecule has 25 heavy (non-hydrogen) atoms. The molecule has 1 aromatic rings. The van der Waals surface area contributed by atoms with E-state index in [0.29, 0.717) is 19.3 Å². The fourth-order valence-corrected chi connectivity index (χ4v) is 4.24. The Labute approximate surface area is 148 Å². The highest BCUT2D eigenvalue weighted by atomic mass is 16.2. The molecule has 2 heterocycles. The van der Waals surface area contributed by atoms with Gasteiger partial charge in [-0.2, -0.15) is 5.10 Å². The van der Waals surface area contributed by atoms with Gasteiger partial charge in [-0.25, -0.2) is 5.01 Å². The number of carbonyl (C=O) groups is 2. The van der Waals surface area contributed by atoms with Gasteiger partial charge in [0.2, 0.25) is 11.8 Å². The SMILES string of the molecule is CC1(CN2N=C(c3ccc4c(c3)CCC(=O)N4)CCC2=O)CCCC1. The fourth-order valence-electron chi connectivity index (χ4n) is 4.24. The third-order valence-corrected chi connectivity index (χ3v) is 5.78. The maximum absolute atomic E-state index is 12.3. The molecule has 3 aliphatic rings. The van der Waals surface area contributed by atoms with Crippen LogP contribution in [0.4, 0.5) is 5.69 Å². The molecule has 2 aliphatic heterocycles. The standard InChI is InChI=1S/C20H25N3O2/c1-20(10-2-3-11-20)13-23-19(25)9-7-17(22-23)15-4-6-16-14(12-15)5-8-18(24)21-16/h4,6,12H,2-3,5,7-11,13H2,1H3,(H,21,24). The van der Waals surface area contributed by atoms with E-state index >= 15 is 0 Å². The number of aryl methyl sites for hydroxylation is 1. The maximum atomic E-state index is 12.3. The summed E-state index contributed by atoms with van der Waals surface area (Å²) in [6.07, 6.45) is 7.40. The molecule has 0 bridgehead atoms. The number of carbonyl (C=O) groups excluding carboxylic acids is 2. The van der Waals surface area contributed by atoms with Crippen LogP contribution in [0, 0.1) is 5.41 Å². The van der Waals surface area contributed by atoms with E-state index in [1.807, 2.05) is 12.1 Å². The zero-order valence-electron chi connectivity index (χ0n) is 14.8. The van der Waals surface area contributed by atoms with E-state index in [0.717, 1.165) is 35.5 Å². The van der Waals surface area contributed by atoms with Crippen LogP contribution in [0.5, 0.6) is 0 Å². The predicted octanol–water partition coefficient (Wildman–Crippen LogP) is 3.48. The van der Waals surface area contributed by atoms with Crippen molar-refractivity contribution in [3.8, 4) is 0 Å². The monoisotopic (exact) mass is 339 g/mol. The van der Waals surface area contributed by atoms with E-state index in [4.69, 9.17) is 5.10 Å². The van der Waals surface area contributed by atoms with Crippen LogP contribution in [0.3, 0.4) is 0 Å². The van der Waals surface area contributed by atoms with E-state index in [1.54, 1.807) is 5.01 Å². The predicted molar refractivity (Wildman–Crippen MR) is 97.5 cm³/mol. The van der Waals surface area contributed by atoms with Gasteiger partial charge in [0.25, 0.3) is 0 Å². The van der Waals surface area contributed by atoms with Gasteiger partial charge in [-0.05, 0) is 47.9 Å². The van der Waals surface area contributed by atoms with Crippen molar-refractivity contribution in [1.29, 1.82) is 0 Å². The van der Waals surface area contributed by atoms with Crippen molar-refractivity contribution in [2.24, 2.45) is 10.5 Å². The number of nitrogens with one attached hydrogen (secondary N) is 1. The van der Waals surface area contributed by atoms with Gasteiger partial charge >= 0.3 is 0 Å². The molecular weight excluding hydrogens is 314 g/mol. The molecule has 0 unspecified atom stereocenters. The zero-order chi connectivity index (χ0) is 17.4. The molecule has 0 radical (unpaired) electrons. The van der Waals surface area contributed by atoms with Gasteiger partial charge in [0, 0.05) is 31.5 Å². The first-order valence-electron chi connectivity index (χ1n) is 9.33. The second kappa shape index (κ2) is 6.28. The summed E-state index contributed by atoms with van der Waals surface area (Å²) in [4.78, 5) is 23.8. The van der Waals surface area contributed by atoms with Gasteiger partial charge in [0.15, 0.2) is 0 Å². The Kier molecular flexibility index (Phi) is 4.10. The van der Waals surface area contributed by atoms with Crippen molar-refractivity contribution < 1.29 is 9.59 Å². The molecule has 4 rings (SSSR count). The van der Waals surface area contributed by atoms with Crippen LogP contribution in [0.2, 0.25) is 0 Å². The molecule has 1 aromatic carbocycles. The highest BCUT2D eigenvalue weighted by Crippen LogP contribution is 2.38. The Balaban J connectivity index is 1.58. The molecule has 1 N–H and O–H groups in total. The summed E-state index contributed by atoms with van der Waals surface area (Å²) in [5.74, 6) is 0.221. The van der Waals surface area contributed by atoms with Gasteiger partial charge in [-0.1, -0.05) is 25.8 Å². The Bertz CT molecular complexity index is 747. The van der Waals surface area contributed by atoms with Crippen molar-refractivity contribution in [2.45, 2.75) is 58.3 Å². The molecule has 5 nitrogen and oxygen atoms in total. The maximum Gasteiger partial charge on any atom is 0.243 e. The summed E-state index contributed by atoms with van der Waals surface area (Å²) in [7, 11) is 0. The van der Waals surface area contributed by atoms with Crippen LogP contribution in [0.1, 0.15) is 63.0 Å². The molecule has 0 spiro atoms. The van der Waals surface area contributed by atoms with E-state index in [-0.39, 0.29) is 17.2 Å². The first-order chi connectivity index (χ1) is 12.0. The minimum Gasteiger partial charge on any atom is -0.326 e.